The number of methoxy groups -OCH3 is 1. The molecule has 2 rings (SSSR count). The zero-order valence-corrected chi connectivity index (χ0v) is 15.6. The zero-order chi connectivity index (χ0) is 16.8. The van der Waals surface area contributed by atoms with Gasteiger partial charge in [0.1, 0.15) is 0 Å². The quantitative estimate of drug-likeness (QED) is 0.822. The van der Waals surface area contributed by atoms with Crippen LogP contribution in [0, 0.1) is 11.8 Å². The molecule has 0 bridgehead atoms. The molecule has 1 saturated heterocycles. The molecule has 1 aliphatic rings. The van der Waals surface area contributed by atoms with E-state index in [0.29, 0.717) is 30.6 Å². The second-order valence-corrected chi connectivity index (χ2v) is 6.52. The summed E-state index contributed by atoms with van der Waals surface area (Å²) >= 11 is 0. The Bertz CT molecular complexity index is 533. The third-order valence-electron chi connectivity index (χ3n) is 4.77. The molecular weight excluding hydrogens is 328 g/mol. The maximum absolute atomic E-state index is 12.5. The Morgan fingerprint density at radius 3 is 2.71 bits per heavy atom. The average Bonchev–Trinajstić information content (AvgIpc) is 2.57. The predicted molar refractivity (Wildman–Crippen MR) is 97.8 cm³/mol. The fourth-order valence-corrected chi connectivity index (χ4v) is 3.19. The highest BCUT2D eigenvalue weighted by atomic mass is 35.5. The molecule has 24 heavy (non-hydrogen) atoms. The van der Waals surface area contributed by atoms with Gasteiger partial charge in [0.15, 0.2) is 11.5 Å². The maximum atomic E-state index is 12.5. The number of hydrogen-bond acceptors (Lipinski definition) is 4. The minimum Gasteiger partial charge on any atom is -0.504 e. The first-order chi connectivity index (χ1) is 11.0. The van der Waals surface area contributed by atoms with E-state index >= 15 is 0 Å². The summed E-state index contributed by atoms with van der Waals surface area (Å²) in [7, 11) is 3.35. The number of halogens is 1. The number of carbonyl (C=O) groups is 1. The van der Waals surface area contributed by atoms with Gasteiger partial charge in [0.2, 0.25) is 5.91 Å². The van der Waals surface area contributed by atoms with E-state index in [1.807, 2.05) is 13.1 Å². The molecule has 1 fully saturated rings. The highest BCUT2D eigenvalue weighted by Crippen LogP contribution is 2.27. The Labute approximate surface area is 150 Å². The lowest BCUT2D eigenvalue weighted by atomic mass is 9.84. The van der Waals surface area contributed by atoms with Crippen molar-refractivity contribution in [3.63, 3.8) is 0 Å². The van der Waals surface area contributed by atoms with Crippen molar-refractivity contribution >= 4 is 18.3 Å². The highest BCUT2D eigenvalue weighted by Gasteiger charge is 2.23. The first kappa shape index (κ1) is 20.6. The van der Waals surface area contributed by atoms with Crippen molar-refractivity contribution in [2.75, 3.05) is 27.2 Å². The maximum Gasteiger partial charge on any atom is 0.222 e. The van der Waals surface area contributed by atoms with E-state index in [9.17, 15) is 9.90 Å². The minimum absolute atomic E-state index is 0. The van der Waals surface area contributed by atoms with Crippen molar-refractivity contribution in [3.05, 3.63) is 23.8 Å². The van der Waals surface area contributed by atoms with Crippen LogP contribution in [0.25, 0.3) is 0 Å². The summed E-state index contributed by atoms with van der Waals surface area (Å²) in [6.07, 6.45) is 2.91. The minimum atomic E-state index is 0. The average molecular weight is 357 g/mol. The van der Waals surface area contributed by atoms with E-state index < -0.39 is 0 Å². The molecule has 1 aromatic carbocycles. The Balaban J connectivity index is 0.00000288. The number of benzene rings is 1. The van der Waals surface area contributed by atoms with Crippen LogP contribution in [0.4, 0.5) is 0 Å². The van der Waals surface area contributed by atoms with Crippen molar-refractivity contribution in [1.82, 2.24) is 10.2 Å². The summed E-state index contributed by atoms with van der Waals surface area (Å²) in [5.41, 5.74) is 0.949. The zero-order valence-electron chi connectivity index (χ0n) is 14.7. The number of carbonyl (C=O) groups excluding carboxylic acids is 1. The summed E-state index contributed by atoms with van der Waals surface area (Å²) in [4.78, 5) is 14.2. The summed E-state index contributed by atoms with van der Waals surface area (Å²) in [6, 6.07) is 5.19. The molecule has 1 atom stereocenters. The molecule has 2 N–H and O–H groups in total. The van der Waals surface area contributed by atoms with Gasteiger partial charge in [-0.15, -0.1) is 12.4 Å². The van der Waals surface area contributed by atoms with Gasteiger partial charge < -0.3 is 20.1 Å². The van der Waals surface area contributed by atoms with Crippen LogP contribution in [-0.2, 0) is 11.3 Å². The number of ether oxygens (including phenoxy) is 1. The number of piperidine rings is 1. The highest BCUT2D eigenvalue weighted by molar-refractivity contribution is 5.85. The second kappa shape index (κ2) is 9.74. The summed E-state index contributed by atoms with van der Waals surface area (Å²) in [6.45, 7) is 4.83. The molecule has 5 nitrogen and oxygen atoms in total. The number of phenolic OH excluding ortho intramolecular Hbond substituents is 1. The molecule has 0 aromatic heterocycles. The fourth-order valence-electron chi connectivity index (χ4n) is 3.19. The van der Waals surface area contributed by atoms with E-state index in [2.05, 4.69) is 12.2 Å². The molecule has 0 spiro atoms. The Morgan fingerprint density at radius 1 is 1.42 bits per heavy atom. The topological polar surface area (TPSA) is 61.8 Å². The smallest absolute Gasteiger partial charge is 0.222 e. The molecule has 1 aromatic rings. The number of phenols is 1. The summed E-state index contributed by atoms with van der Waals surface area (Å²) in [5.74, 6) is 1.78. The van der Waals surface area contributed by atoms with Crippen LogP contribution in [0.1, 0.15) is 31.7 Å². The molecular formula is C18H29ClN2O3. The lowest BCUT2D eigenvalue weighted by Gasteiger charge is -2.29. The van der Waals surface area contributed by atoms with Crippen LogP contribution in [0.2, 0.25) is 0 Å². The molecule has 0 saturated carbocycles. The third kappa shape index (κ3) is 5.56. The first-order valence-corrected chi connectivity index (χ1v) is 8.31. The number of aromatic hydroxyl groups is 1. The number of rotatable bonds is 6. The summed E-state index contributed by atoms with van der Waals surface area (Å²) in [5, 5.41) is 13.0. The monoisotopic (exact) mass is 356 g/mol. The van der Waals surface area contributed by atoms with E-state index in [1.165, 1.54) is 7.11 Å². The van der Waals surface area contributed by atoms with Crippen molar-refractivity contribution in [2.45, 2.75) is 32.7 Å². The largest absolute Gasteiger partial charge is 0.504 e. The van der Waals surface area contributed by atoms with Crippen molar-refractivity contribution < 1.29 is 14.6 Å². The van der Waals surface area contributed by atoms with Crippen LogP contribution in [-0.4, -0.2) is 43.2 Å². The predicted octanol–water partition coefficient (Wildman–Crippen LogP) is 2.81. The third-order valence-corrected chi connectivity index (χ3v) is 4.77. The van der Waals surface area contributed by atoms with Crippen molar-refractivity contribution in [1.29, 1.82) is 0 Å². The number of hydrogen-bond donors (Lipinski definition) is 2. The SMILES string of the molecule is COc1cc(CN(C)C(=O)CC(C)C2CCNCC2)ccc1O.Cl. The van der Waals surface area contributed by atoms with Gasteiger partial charge >= 0.3 is 0 Å². The van der Waals surface area contributed by atoms with Crippen LogP contribution in [0.5, 0.6) is 11.5 Å². The van der Waals surface area contributed by atoms with Crippen LogP contribution in [0.3, 0.4) is 0 Å². The van der Waals surface area contributed by atoms with Gasteiger partial charge in [0, 0.05) is 20.0 Å². The molecule has 1 aliphatic heterocycles. The Kier molecular flexibility index (Phi) is 8.36. The Morgan fingerprint density at radius 2 is 2.08 bits per heavy atom. The van der Waals surface area contributed by atoms with Gasteiger partial charge in [-0.2, -0.15) is 0 Å². The molecule has 136 valence electrons. The number of nitrogens with zero attached hydrogens (tertiary/aromatic N) is 1. The summed E-state index contributed by atoms with van der Waals surface area (Å²) < 4.78 is 5.11. The molecule has 1 unspecified atom stereocenters. The van der Waals surface area contributed by atoms with Crippen molar-refractivity contribution in [2.24, 2.45) is 11.8 Å². The second-order valence-electron chi connectivity index (χ2n) is 6.52. The number of amides is 1. The van der Waals surface area contributed by atoms with Crippen molar-refractivity contribution in [3.8, 4) is 11.5 Å². The van der Waals surface area contributed by atoms with E-state index in [1.54, 1.807) is 17.0 Å². The van der Waals surface area contributed by atoms with Crippen LogP contribution >= 0.6 is 12.4 Å². The Hall–Kier alpha value is -1.46. The van der Waals surface area contributed by atoms with Gasteiger partial charge in [-0.25, -0.2) is 0 Å². The van der Waals surface area contributed by atoms with Gasteiger partial charge in [-0.3, -0.25) is 4.79 Å². The van der Waals surface area contributed by atoms with Gasteiger partial charge in [0.05, 0.1) is 7.11 Å². The molecule has 6 heteroatoms. The lowest BCUT2D eigenvalue weighted by Crippen LogP contribution is -2.34. The molecule has 0 radical (unpaired) electrons. The van der Waals surface area contributed by atoms with E-state index in [4.69, 9.17) is 4.74 Å². The van der Waals surface area contributed by atoms with Gasteiger partial charge in [-0.05, 0) is 55.5 Å². The normalized spacial score (nSPS) is 16.1. The first-order valence-electron chi connectivity index (χ1n) is 8.31. The number of nitrogens with one attached hydrogen (secondary N) is 1. The lowest BCUT2D eigenvalue weighted by molar-refractivity contribution is -0.131. The van der Waals surface area contributed by atoms with Gasteiger partial charge in [0.25, 0.3) is 0 Å². The van der Waals surface area contributed by atoms with E-state index in [0.717, 1.165) is 31.5 Å². The molecule has 1 heterocycles. The van der Waals surface area contributed by atoms with Crippen LogP contribution in [0.15, 0.2) is 18.2 Å². The van der Waals surface area contributed by atoms with Crippen LogP contribution < -0.4 is 10.1 Å². The standard InChI is InChI=1S/C18H28N2O3.ClH/c1-13(15-6-8-19-9-7-15)10-18(22)20(2)12-14-4-5-16(21)17(11-14)23-3;/h4-5,11,13,15,19,21H,6-10,12H2,1-3H3;1H. The van der Waals surface area contributed by atoms with E-state index in [-0.39, 0.29) is 24.1 Å². The van der Waals surface area contributed by atoms with Gasteiger partial charge in [-0.1, -0.05) is 13.0 Å². The fraction of sp³-hybridized carbons (Fsp3) is 0.611. The molecule has 1 amide bonds. The molecule has 0 aliphatic carbocycles.